The van der Waals surface area contributed by atoms with Gasteiger partial charge < -0.3 is 10.6 Å². The molecule has 5 aliphatic rings. The SMILES string of the molecule is SCCNC(SCCNC1CCCCC1)C12CC3CC(CC(C3)C1)C2. The molecule has 4 bridgehead atoms. The van der Waals surface area contributed by atoms with Crippen LogP contribution < -0.4 is 10.6 Å². The molecule has 25 heavy (non-hydrogen) atoms. The molecular formula is C21H38N2S2. The largest absolute Gasteiger partial charge is 0.313 e. The van der Waals surface area contributed by atoms with Gasteiger partial charge in [-0.3, -0.25) is 0 Å². The Labute approximate surface area is 164 Å². The van der Waals surface area contributed by atoms with Crippen molar-refractivity contribution in [2.75, 3.05) is 24.6 Å². The second-order valence-electron chi connectivity index (χ2n) is 9.50. The van der Waals surface area contributed by atoms with Crippen molar-refractivity contribution < 1.29 is 0 Å². The van der Waals surface area contributed by atoms with Crippen LogP contribution in [0.1, 0.15) is 70.6 Å². The molecule has 0 aromatic carbocycles. The maximum Gasteiger partial charge on any atom is 0.0590 e. The summed E-state index contributed by atoms with van der Waals surface area (Å²) < 4.78 is 0. The lowest BCUT2D eigenvalue weighted by Gasteiger charge is -2.59. The first-order valence-electron chi connectivity index (χ1n) is 11.0. The smallest absolute Gasteiger partial charge is 0.0590 e. The van der Waals surface area contributed by atoms with Gasteiger partial charge in [-0.25, -0.2) is 0 Å². The molecule has 0 aliphatic heterocycles. The monoisotopic (exact) mass is 382 g/mol. The fourth-order valence-corrected chi connectivity index (χ4v) is 8.37. The Bertz CT molecular complexity index is 387. The first-order valence-corrected chi connectivity index (χ1v) is 12.6. The van der Waals surface area contributed by atoms with Gasteiger partial charge in [0.05, 0.1) is 5.37 Å². The van der Waals surface area contributed by atoms with Gasteiger partial charge in [0.2, 0.25) is 0 Å². The highest BCUT2D eigenvalue weighted by molar-refractivity contribution is 7.99. The molecule has 2 nitrogen and oxygen atoms in total. The van der Waals surface area contributed by atoms with Crippen LogP contribution in [0, 0.1) is 23.2 Å². The number of rotatable bonds is 9. The first-order chi connectivity index (χ1) is 12.3. The van der Waals surface area contributed by atoms with Crippen LogP contribution in [0.5, 0.6) is 0 Å². The zero-order valence-electron chi connectivity index (χ0n) is 15.8. The van der Waals surface area contributed by atoms with Crippen molar-refractivity contribution in [1.82, 2.24) is 10.6 Å². The minimum Gasteiger partial charge on any atom is -0.313 e. The Morgan fingerprint density at radius 2 is 1.56 bits per heavy atom. The number of thioether (sulfide) groups is 1. The molecular weight excluding hydrogens is 344 g/mol. The molecule has 5 fully saturated rings. The predicted molar refractivity (Wildman–Crippen MR) is 114 cm³/mol. The lowest BCUT2D eigenvalue weighted by atomic mass is 9.49. The fraction of sp³-hybridized carbons (Fsp3) is 1.00. The predicted octanol–water partition coefficient (Wildman–Crippen LogP) is 4.70. The van der Waals surface area contributed by atoms with Gasteiger partial charge in [-0.15, -0.1) is 11.8 Å². The standard InChI is InChI=1S/C21H38N2S2/c24-8-6-23-20(25-9-7-22-19-4-2-1-3-5-19)21-13-16-10-17(14-21)12-18(11-16)15-21/h16-20,22-24H,1-15H2. The highest BCUT2D eigenvalue weighted by atomic mass is 32.2. The van der Waals surface area contributed by atoms with Crippen molar-refractivity contribution in [3.8, 4) is 0 Å². The van der Waals surface area contributed by atoms with E-state index in [0.29, 0.717) is 10.8 Å². The summed E-state index contributed by atoms with van der Waals surface area (Å²) in [4.78, 5) is 0. The third-order valence-corrected chi connectivity index (χ3v) is 9.17. The summed E-state index contributed by atoms with van der Waals surface area (Å²) in [7, 11) is 0. The average Bonchev–Trinajstić information content (AvgIpc) is 2.60. The van der Waals surface area contributed by atoms with E-state index in [1.807, 2.05) is 0 Å². The third-order valence-electron chi connectivity index (χ3n) is 7.51. The normalized spacial score (nSPS) is 39.0. The Hall–Kier alpha value is 0.620. The highest BCUT2D eigenvalue weighted by Crippen LogP contribution is 2.62. The Balaban J connectivity index is 1.30. The molecule has 0 aromatic heterocycles. The fourth-order valence-electron chi connectivity index (χ4n) is 6.89. The van der Waals surface area contributed by atoms with Gasteiger partial charge in [-0.05, 0) is 74.5 Å². The molecule has 0 aromatic rings. The van der Waals surface area contributed by atoms with Crippen molar-refractivity contribution in [2.45, 2.75) is 82.0 Å². The van der Waals surface area contributed by atoms with Crippen LogP contribution >= 0.6 is 24.4 Å². The van der Waals surface area contributed by atoms with E-state index in [9.17, 15) is 0 Å². The molecule has 2 N–H and O–H groups in total. The van der Waals surface area contributed by atoms with Gasteiger partial charge in [0.1, 0.15) is 0 Å². The van der Waals surface area contributed by atoms with Crippen molar-refractivity contribution in [3.05, 3.63) is 0 Å². The van der Waals surface area contributed by atoms with Crippen LogP contribution in [0.3, 0.4) is 0 Å². The van der Waals surface area contributed by atoms with E-state index in [1.54, 1.807) is 19.3 Å². The van der Waals surface area contributed by atoms with E-state index in [0.717, 1.165) is 36.1 Å². The molecule has 0 amide bonds. The van der Waals surface area contributed by atoms with Crippen LogP contribution in [0.2, 0.25) is 0 Å². The summed E-state index contributed by atoms with van der Waals surface area (Å²) in [5.74, 6) is 5.37. The molecule has 1 atom stereocenters. The van der Waals surface area contributed by atoms with Gasteiger partial charge in [0, 0.05) is 30.6 Å². The van der Waals surface area contributed by atoms with Gasteiger partial charge in [-0.1, -0.05) is 19.3 Å². The van der Waals surface area contributed by atoms with Crippen LogP contribution in [0.4, 0.5) is 0 Å². The number of hydrogen-bond acceptors (Lipinski definition) is 4. The Morgan fingerprint density at radius 1 is 0.920 bits per heavy atom. The van der Waals surface area contributed by atoms with Gasteiger partial charge in [0.15, 0.2) is 0 Å². The molecule has 0 radical (unpaired) electrons. The van der Waals surface area contributed by atoms with Gasteiger partial charge in [0.25, 0.3) is 0 Å². The summed E-state index contributed by atoms with van der Waals surface area (Å²) in [6, 6.07) is 0.803. The molecule has 1 unspecified atom stereocenters. The van der Waals surface area contributed by atoms with Gasteiger partial charge >= 0.3 is 0 Å². The molecule has 5 aliphatic carbocycles. The molecule has 4 heteroatoms. The topological polar surface area (TPSA) is 24.1 Å². The van der Waals surface area contributed by atoms with Crippen molar-refractivity contribution in [1.29, 1.82) is 0 Å². The summed E-state index contributed by atoms with van der Waals surface area (Å²) in [6.45, 7) is 2.26. The van der Waals surface area contributed by atoms with E-state index >= 15 is 0 Å². The first kappa shape index (κ1) is 19.0. The minimum atomic E-state index is 0.604. The van der Waals surface area contributed by atoms with Crippen LogP contribution in [-0.4, -0.2) is 36.0 Å². The van der Waals surface area contributed by atoms with E-state index < -0.39 is 0 Å². The van der Waals surface area contributed by atoms with Crippen LogP contribution in [0.25, 0.3) is 0 Å². The van der Waals surface area contributed by atoms with Crippen LogP contribution in [0.15, 0.2) is 0 Å². The van der Waals surface area contributed by atoms with Crippen LogP contribution in [-0.2, 0) is 0 Å². The second kappa shape index (κ2) is 8.75. The van der Waals surface area contributed by atoms with E-state index in [-0.39, 0.29) is 0 Å². The molecule has 0 spiro atoms. The summed E-state index contributed by atoms with van der Waals surface area (Å²) in [5, 5.41) is 8.43. The molecule has 5 rings (SSSR count). The van der Waals surface area contributed by atoms with E-state index in [1.165, 1.54) is 63.7 Å². The van der Waals surface area contributed by atoms with E-state index in [4.69, 9.17) is 0 Å². The summed E-state index contributed by atoms with van der Waals surface area (Å²) >= 11 is 6.70. The number of thiol groups is 1. The maximum atomic E-state index is 4.47. The van der Waals surface area contributed by atoms with Crippen molar-refractivity contribution in [2.24, 2.45) is 23.2 Å². The lowest BCUT2D eigenvalue weighted by Crippen LogP contribution is -2.55. The average molecular weight is 383 g/mol. The van der Waals surface area contributed by atoms with E-state index in [2.05, 4.69) is 35.0 Å². The molecule has 5 saturated carbocycles. The minimum absolute atomic E-state index is 0.604. The number of hydrogen-bond donors (Lipinski definition) is 3. The third kappa shape index (κ3) is 4.55. The van der Waals surface area contributed by atoms with Gasteiger partial charge in [-0.2, -0.15) is 12.6 Å². The molecule has 0 heterocycles. The quantitative estimate of drug-likeness (QED) is 0.306. The lowest BCUT2D eigenvalue weighted by molar-refractivity contribution is -0.0574. The maximum absolute atomic E-state index is 4.47. The Kier molecular flexibility index (Phi) is 6.64. The van der Waals surface area contributed by atoms with Crippen molar-refractivity contribution in [3.63, 3.8) is 0 Å². The number of nitrogens with one attached hydrogen (secondary N) is 2. The highest BCUT2D eigenvalue weighted by Gasteiger charge is 2.54. The summed E-state index contributed by atoms with van der Waals surface area (Å²) in [5.41, 5.74) is 0.604. The Morgan fingerprint density at radius 3 is 2.16 bits per heavy atom. The zero-order chi connectivity index (χ0) is 17.1. The molecule has 0 saturated heterocycles. The molecule has 144 valence electrons. The summed E-state index contributed by atoms with van der Waals surface area (Å²) in [6.07, 6.45) is 16.3. The zero-order valence-corrected chi connectivity index (χ0v) is 17.6. The second-order valence-corrected chi connectivity index (χ2v) is 11.2. The van der Waals surface area contributed by atoms with Crippen molar-refractivity contribution >= 4 is 24.4 Å².